The van der Waals surface area contributed by atoms with E-state index in [-0.39, 0.29) is 5.00 Å². The van der Waals surface area contributed by atoms with Gasteiger partial charge in [0.25, 0.3) is 0 Å². The van der Waals surface area contributed by atoms with E-state index in [4.69, 9.17) is 16.0 Å². The summed E-state index contributed by atoms with van der Waals surface area (Å²) in [6.07, 6.45) is 0. The summed E-state index contributed by atoms with van der Waals surface area (Å²) in [5.41, 5.74) is 0. The van der Waals surface area contributed by atoms with Crippen molar-refractivity contribution in [2.24, 2.45) is 0 Å². The van der Waals surface area contributed by atoms with Crippen molar-refractivity contribution in [1.82, 2.24) is 0 Å². The van der Waals surface area contributed by atoms with Crippen molar-refractivity contribution < 1.29 is 4.43 Å². The molecule has 0 heterocycles. The van der Waals surface area contributed by atoms with Crippen molar-refractivity contribution in [1.29, 1.82) is 0 Å². The molecular weight excluding hydrogens is 152 g/mol. The zero-order chi connectivity index (χ0) is 7.49. The molecule has 0 aliphatic carbocycles. The van der Waals surface area contributed by atoms with E-state index >= 15 is 0 Å². The number of hydrogen-bond acceptors (Lipinski definition) is 1. The van der Waals surface area contributed by atoms with Crippen LogP contribution in [0.1, 0.15) is 13.8 Å². The number of rotatable bonds is 3. The summed E-state index contributed by atoms with van der Waals surface area (Å²) in [5, 5.41) is 0.206. The quantitative estimate of drug-likeness (QED) is 0.462. The first kappa shape index (κ1) is 9.47. The van der Waals surface area contributed by atoms with Crippen LogP contribution in [0.5, 0.6) is 0 Å². The Hall–Kier alpha value is 0.467. The van der Waals surface area contributed by atoms with Crippen LogP contribution < -0.4 is 0 Å². The minimum Gasteiger partial charge on any atom is -0.416 e. The molecule has 0 saturated carbocycles. The molecule has 0 aliphatic heterocycles. The van der Waals surface area contributed by atoms with E-state index < -0.39 is 8.32 Å². The molecule has 0 amide bonds. The van der Waals surface area contributed by atoms with Crippen LogP contribution in [0.25, 0.3) is 0 Å². The average molecular weight is 167 g/mol. The normalized spacial score (nSPS) is 15.7. The Balaban J connectivity index is 3.70. The Labute approximate surface area is 63.5 Å². The zero-order valence-corrected chi connectivity index (χ0v) is 8.33. The molecule has 0 fully saturated rings. The summed E-state index contributed by atoms with van der Waals surface area (Å²) >= 11 is 5.88. The van der Waals surface area contributed by atoms with Gasteiger partial charge in [0, 0.05) is 11.6 Å². The van der Waals surface area contributed by atoms with Crippen LogP contribution in [0.2, 0.25) is 13.1 Å². The molecule has 56 valence electrons. The molecule has 0 spiro atoms. The van der Waals surface area contributed by atoms with Crippen molar-refractivity contribution in [2.75, 3.05) is 6.61 Å². The fourth-order valence-electron chi connectivity index (χ4n) is 0.487. The van der Waals surface area contributed by atoms with E-state index in [2.05, 4.69) is 13.1 Å². The standard InChI is InChI=1S/C6H15ClOSi/c1-5-8-9(3,4)6(2)7/h6H,5H2,1-4H3. The van der Waals surface area contributed by atoms with Gasteiger partial charge in [-0.2, -0.15) is 0 Å². The fraction of sp³-hybridized carbons (Fsp3) is 1.00. The number of hydrogen-bond donors (Lipinski definition) is 0. The predicted octanol–water partition coefficient (Wildman–Crippen LogP) is 2.39. The molecule has 0 aromatic heterocycles. The first-order valence-electron chi connectivity index (χ1n) is 3.28. The molecule has 0 aliphatic rings. The maximum Gasteiger partial charge on any atom is 0.203 e. The third kappa shape index (κ3) is 3.23. The minimum absolute atomic E-state index is 0.206. The highest BCUT2D eigenvalue weighted by molar-refractivity contribution is 6.79. The Morgan fingerprint density at radius 1 is 1.56 bits per heavy atom. The van der Waals surface area contributed by atoms with Crippen molar-refractivity contribution in [3.8, 4) is 0 Å². The van der Waals surface area contributed by atoms with Gasteiger partial charge >= 0.3 is 0 Å². The Morgan fingerprint density at radius 3 is 2.11 bits per heavy atom. The largest absolute Gasteiger partial charge is 0.416 e. The molecule has 0 N–H and O–H groups in total. The number of halogens is 1. The lowest BCUT2D eigenvalue weighted by Gasteiger charge is -2.23. The van der Waals surface area contributed by atoms with Crippen LogP contribution in [0.15, 0.2) is 0 Å². The third-order valence-electron chi connectivity index (χ3n) is 1.47. The smallest absolute Gasteiger partial charge is 0.203 e. The summed E-state index contributed by atoms with van der Waals surface area (Å²) in [5.74, 6) is 0. The second kappa shape index (κ2) is 3.59. The average Bonchev–Trinajstić information content (AvgIpc) is 1.65. The van der Waals surface area contributed by atoms with Crippen molar-refractivity contribution >= 4 is 19.9 Å². The van der Waals surface area contributed by atoms with Gasteiger partial charge in [-0.05, 0) is 26.9 Å². The molecule has 0 radical (unpaired) electrons. The highest BCUT2D eigenvalue weighted by Crippen LogP contribution is 2.14. The van der Waals surface area contributed by atoms with Crippen molar-refractivity contribution in [3.63, 3.8) is 0 Å². The summed E-state index contributed by atoms with van der Waals surface area (Å²) in [6, 6.07) is 0. The van der Waals surface area contributed by atoms with E-state index in [1.54, 1.807) is 0 Å². The molecule has 1 atom stereocenters. The van der Waals surface area contributed by atoms with Crippen LogP contribution in [0.4, 0.5) is 0 Å². The molecule has 0 rings (SSSR count). The summed E-state index contributed by atoms with van der Waals surface area (Å²) < 4.78 is 5.50. The van der Waals surface area contributed by atoms with Crippen LogP contribution in [0, 0.1) is 0 Å². The molecule has 1 nitrogen and oxygen atoms in total. The van der Waals surface area contributed by atoms with Crippen molar-refractivity contribution in [2.45, 2.75) is 31.9 Å². The maximum atomic E-state index is 5.88. The van der Waals surface area contributed by atoms with Gasteiger partial charge in [0.1, 0.15) is 0 Å². The van der Waals surface area contributed by atoms with Gasteiger partial charge in [-0.3, -0.25) is 0 Å². The van der Waals surface area contributed by atoms with Gasteiger partial charge in [0.05, 0.1) is 0 Å². The van der Waals surface area contributed by atoms with Crippen LogP contribution in [-0.2, 0) is 4.43 Å². The molecule has 1 unspecified atom stereocenters. The molecule has 9 heavy (non-hydrogen) atoms. The van der Waals surface area contributed by atoms with Crippen molar-refractivity contribution in [3.05, 3.63) is 0 Å². The van der Waals surface area contributed by atoms with E-state index in [9.17, 15) is 0 Å². The van der Waals surface area contributed by atoms with Gasteiger partial charge < -0.3 is 4.43 Å². The topological polar surface area (TPSA) is 9.23 Å². The molecule has 0 aromatic carbocycles. The van der Waals surface area contributed by atoms with Crippen LogP contribution >= 0.6 is 11.6 Å². The molecule has 0 aromatic rings. The van der Waals surface area contributed by atoms with E-state index in [0.29, 0.717) is 0 Å². The monoisotopic (exact) mass is 166 g/mol. The van der Waals surface area contributed by atoms with Gasteiger partial charge in [-0.15, -0.1) is 11.6 Å². The molecule has 0 saturated heterocycles. The Kier molecular flexibility index (Phi) is 3.78. The fourth-order valence-corrected chi connectivity index (χ4v) is 1.65. The van der Waals surface area contributed by atoms with Gasteiger partial charge in [0.15, 0.2) is 0 Å². The Bertz CT molecular complexity index is 83.1. The van der Waals surface area contributed by atoms with Gasteiger partial charge in [-0.1, -0.05) is 0 Å². The zero-order valence-electron chi connectivity index (χ0n) is 6.57. The maximum absolute atomic E-state index is 5.88. The van der Waals surface area contributed by atoms with E-state index in [0.717, 1.165) is 6.61 Å². The second-order valence-corrected chi connectivity index (χ2v) is 8.03. The first-order chi connectivity index (χ1) is 4.00. The Morgan fingerprint density at radius 2 is 2.00 bits per heavy atom. The lowest BCUT2D eigenvalue weighted by atomic mass is 10.9. The lowest BCUT2D eigenvalue weighted by Crippen LogP contribution is -2.39. The lowest BCUT2D eigenvalue weighted by molar-refractivity contribution is 0.328. The summed E-state index contributed by atoms with van der Waals surface area (Å²) in [7, 11) is -1.52. The summed E-state index contributed by atoms with van der Waals surface area (Å²) in [6.45, 7) is 9.07. The minimum atomic E-state index is -1.52. The van der Waals surface area contributed by atoms with Crippen LogP contribution in [-0.4, -0.2) is 19.9 Å². The SMILES string of the molecule is CCO[Si](C)(C)C(C)Cl. The highest BCUT2D eigenvalue weighted by Gasteiger charge is 2.27. The highest BCUT2D eigenvalue weighted by atomic mass is 35.5. The first-order valence-corrected chi connectivity index (χ1v) is 6.71. The van der Waals surface area contributed by atoms with E-state index in [1.165, 1.54) is 0 Å². The molecule has 3 heteroatoms. The summed E-state index contributed by atoms with van der Waals surface area (Å²) in [4.78, 5) is 0. The van der Waals surface area contributed by atoms with Gasteiger partial charge in [-0.25, -0.2) is 0 Å². The van der Waals surface area contributed by atoms with Gasteiger partial charge in [0.2, 0.25) is 8.32 Å². The predicted molar refractivity (Wildman–Crippen MR) is 44.4 cm³/mol. The number of alkyl halides is 1. The van der Waals surface area contributed by atoms with Crippen LogP contribution in [0.3, 0.4) is 0 Å². The second-order valence-electron chi connectivity index (χ2n) is 2.65. The van der Waals surface area contributed by atoms with E-state index in [1.807, 2.05) is 13.8 Å². The molecule has 0 bridgehead atoms. The molecular formula is C6H15ClOSi. The third-order valence-corrected chi connectivity index (χ3v) is 6.00.